The van der Waals surface area contributed by atoms with Gasteiger partial charge in [0.1, 0.15) is 0 Å². The van der Waals surface area contributed by atoms with E-state index in [4.69, 9.17) is 11.6 Å². The number of aliphatic imine (C=N–C) groups is 1. The van der Waals surface area contributed by atoms with E-state index in [1.165, 1.54) is 6.08 Å². The fraction of sp³-hybridized carbons (Fsp3) is 0. The molecular weight excluding hydrogens is 276 g/mol. The summed E-state index contributed by atoms with van der Waals surface area (Å²) in [7, 11) is 0. The van der Waals surface area contributed by atoms with Crippen LogP contribution in [0, 0.1) is 3.57 Å². The van der Waals surface area contributed by atoms with Gasteiger partial charge in [-0.05, 0) is 40.8 Å². The van der Waals surface area contributed by atoms with Crippen molar-refractivity contribution >= 4 is 46.0 Å². The van der Waals surface area contributed by atoms with Gasteiger partial charge in [0.25, 0.3) is 0 Å². The van der Waals surface area contributed by atoms with E-state index >= 15 is 0 Å². The number of isocyanates is 1. The number of hydrogen-bond acceptors (Lipinski definition) is 2. The predicted molar refractivity (Wildman–Crippen MR) is 52.0 cm³/mol. The molecule has 0 fully saturated rings. The Hall–Kier alpha value is -0.380. The molecule has 0 bridgehead atoms. The molecule has 4 heteroatoms. The Bertz CT molecular complexity index is 320. The molecular formula is C7H3ClINO. The van der Waals surface area contributed by atoms with E-state index in [1.54, 1.807) is 18.2 Å². The molecule has 1 aromatic rings. The van der Waals surface area contributed by atoms with E-state index < -0.39 is 0 Å². The summed E-state index contributed by atoms with van der Waals surface area (Å²) in [6.45, 7) is 0. The van der Waals surface area contributed by atoms with Gasteiger partial charge in [-0.15, -0.1) is 0 Å². The Morgan fingerprint density at radius 3 is 2.82 bits per heavy atom. The molecule has 0 atom stereocenters. The van der Waals surface area contributed by atoms with Crippen molar-refractivity contribution in [1.29, 1.82) is 0 Å². The van der Waals surface area contributed by atoms with E-state index in [2.05, 4.69) is 27.6 Å². The summed E-state index contributed by atoms with van der Waals surface area (Å²) < 4.78 is 0.846. The highest BCUT2D eigenvalue weighted by Crippen LogP contribution is 2.23. The van der Waals surface area contributed by atoms with Gasteiger partial charge in [-0.2, -0.15) is 4.99 Å². The minimum Gasteiger partial charge on any atom is -0.211 e. The maximum absolute atomic E-state index is 9.88. The van der Waals surface area contributed by atoms with E-state index in [1.807, 2.05) is 0 Å². The van der Waals surface area contributed by atoms with Crippen LogP contribution in [0.15, 0.2) is 23.2 Å². The number of nitrogens with zero attached hydrogens (tertiary/aromatic N) is 1. The summed E-state index contributed by atoms with van der Waals surface area (Å²) in [6.07, 6.45) is 1.47. The number of carbonyl (C=O) groups excluding carboxylic acids is 1. The number of halogens is 2. The Balaban J connectivity index is 3.19. The number of rotatable bonds is 1. The molecule has 0 heterocycles. The van der Waals surface area contributed by atoms with Crippen LogP contribution in [0.1, 0.15) is 0 Å². The van der Waals surface area contributed by atoms with E-state index in [9.17, 15) is 4.79 Å². The first-order chi connectivity index (χ1) is 5.24. The van der Waals surface area contributed by atoms with Crippen LogP contribution in [0.5, 0.6) is 0 Å². The molecule has 0 aliphatic heterocycles. The molecule has 0 unspecified atom stereocenters. The fourth-order valence-corrected chi connectivity index (χ4v) is 1.61. The molecule has 2 nitrogen and oxygen atoms in total. The largest absolute Gasteiger partial charge is 0.240 e. The summed E-state index contributed by atoms with van der Waals surface area (Å²) >= 11 is 7.72. The molecule has 11 heavy (non-hydrogen) atoms. The second kappa shape index (κ2) is 3.85. The standard InChI is InChI=1S/C7H3ClINO/c8-5-1-2-7(10-4-11)6(9)3-5/h1-3H. The van der Waals surface area contributed by atoms with Gasteiger partial charge in [-0.3, -0.25) is 0 Å². The molecule has 0 saturated heterocycles. The van der Waals surface area contributed by atoms with E-state index in [0.29, 0.717) is 10.7 Å². The highest BCUT2D eigenvalue weighted by molar-refractivity contribution is 14.1. The first-order valence-electron chi connectivity index (χ1n) is 2.77. The molecule has 0 spiro atoms. The quantitative estimate of drug-likeness (QED) is 0.441. The molecule has 56 valence electrons. The lowest BCUT2D eigenvalue weighted by molar-refractivity contribution is 0.565. The summed E-state index contributed by atoms with van der Waals surface area (Å²) in [4.78, 5) is 13.4. The topological polar surface area (TPSA) is 29.4 Å². The third-order valence-corrected chi connectivity index (χ3v) is 2.17. The van der Waals surface area contributed by atoms with Gasteiger partial charge in [-0.1, -0.05) is 11.6 Å². The number of hydrogen-bond donors (Lipinski definition) is 0. The zero-order chi connectivity index (χ0) is 8.27. The predicted octanol–water partition coefficient (Wildman–Crippen LogP) is 2.91. The van der Waals surface area contributed by atoms with Crippen LogP contribution in [0.25, 0.3) is 0 Å². The average Bonchev–Trinajstić information content (AvgIpc) is 1.95. The molecule has 0 amide bonds. The normalized spacial score (nSPS) is 8.91. The SMILES string of the molecule is O=C=Nc1ccc(Cl)cc1I. The molecule has 1 rings (SSSR count). The monoisotopic (exact) mass is 279 g/mol. The van der Waals surface area contributed by atoms with Crippen LogP contribution < -0.4 is 0 Å². The van der Waals surface area contributed by atoms with Crippen molar-refractivity contribution in [3.8, 4) is 0 Å². The van der Waals surface area contributed by atoms with Crippen molar-refractivity contribution in [3.63, 3.8) is 0 Å². The minimum atomic E-state index is 0.602. The number of benzene rings is 1. The Kier molecular flexibility index (Phi) is 3.05. The van der Waals surface area contributed by atoms with Crippen LogP contribution >= 0.6 is 34.2 Å². The minimum absolute atomic E-state index is 0.602. The molecule has 0 saturated carbocycles. The lowest BCUT2D eigenvalue weighted by Gasteiger charge is -1.94. The van der Waals surface area contributed by atoms with Crippen molar-refractivity contribution in [1.82, 2.24) is 0 Å². The third-order valence-electron chi connectivity index (χ3n) is 1.08. The van der Waals surface area contributed by atoms with Gasteiger partial charge in [0, 0.05) is 8.59 Å². The van der Waals surface area contributed by atoms with Crippen molar-refractivity contribution in [2.75, 3.05) is 0 Å². The summed E-state index contributed by atoms with van der Waals surface area (Å²) in [5.41, 5.74) is 0.602. The van der Waals surface area contributed by atoms with Crippen molar-refractivity contribution in [3.05, 3.63) is 26.8 Å². The first kappa shape index (κ1) is 8.71. The summed E-state index contributed by atoms with van der Waals surface area (Å²) in [6, 6.07) is 5.09. The molecule has 0 radical (unpaired) electrons. The lowest BCUT2D eigenvalue weighted by atomic mass is 10.3. The van der Waals surface area contributed by atoms with Gasteiger partial charge in [0.15, 0.2) is 0 Å². The lowest BCUT2D eigenvalue weighted by Crippen LogP contribution is -1.72. The molecule has 1 aromatic carbocycles. The van der Waals surface area contributed by atoms with Crippen LogP contribution in [-0.4, -0.2) is 6.08 Å². The van der Waals surface area contributed by atoms with Crippen LogP contribution in [0.2, 0.25) is 5.02 Å². The maximum atomic E-state index is 9.88. The van der Waals surface area contributed by atoms with Gasteiger partial charge < -0.3 is 0 Å². The molecule has 0 N–H and O–H groups in total. The maximum Gasteiger partial charge on any atom is 0.240 e. The van der Waals surface area contributed by atoms with Gasteiger partial charge in [0.05, 0.1) is 5.69 Å². The second-order valence-corrected chi connectivity index (χ2v) is 3.40. The van der Waals surface area contributed by atoms with Gasteiger partial charge >= 0.3 is 0 Å². The summed E-state index contributed by atoms with van der Waals surface area (Å²) in [5, 5.41) is 0.638. The van der Waals surface area contributed by atoms with Crippen LogP contribution in [0.4, 0.5) is 5.69 Å². The smallest absolute Gasteiger partial charge is 0.211 e. The zero-order valence-electron chi connectivity index (χ0n) is 5.34. The van der Waals surface area contributed by atoms with E-state index in [0.717, 1.165) is 3.57 Å². The Labute approximate surface area is 82.4 Å². The summed E-state index contributed by atoms with van der Waals surface area (Å²) in [5.74, 6) is 0. The third kappa shape index (κ3) is 2.29. The molecule has 0 aromatic heterocycles. The van der Waals surface area contributed by atoms with Crippen molar-refractivity contribution < 1.29 is 4.79 Å². The zero-order valence-corrected chi connectivity index (χ0v) is 8.26. The molecule has 0 aliphatic carbocycles. The highest BCUT2D eigenvalue weighted by atomic mass is 127. The van der Waals surface area contributed by atoms with Gasteiger partial charge in [0.2, 0.25) is 6.08 Å². The first-order valence-corrected chi connectivity index (χ1v) is 4.22. The second-order valence-electron chi connectivity index (χ2n) is 1.80. The average molecular weight is 279 g/mol. The van der Waals surface area contributed by atoms with E-state index in [-0.39, 0.29) is 0 Å². The Morgan fingerprint density at radius 2 is 2.27 bits per heavy atom. The van der Waals surface area contributed by atoms with Crippen molar-refractivity contribution in [2.45, 2.75) is 0 Å². The highest BCUT2D eigenvalue weighted by Gasteiger charge is 1.97. The van der Waals surface area contributed by atoms with Crippen LogP contribution in [-0.2, 0) is 4.79 Å². The van der Waals surface area contributed by atoms with Crippen molar-refractivity contribution in [2.24, 2.45) is 4.99 Å². The fourth-order valence-electron chi connectivity index (χ4n) is 0.621. The van der Waals surface area contributed by atoms with Crippen LogP contribution in [0.3, 0.4) is 0 Å². The molecule has 0 aliphatic rings. The van der Waals surface area contributed by atoms with Gasteiger partial charge in [-0.25, -0.2) is 4.79 Å². The Morgan fingerprint density at radius 1 is 1.55 bits per heavy atom.